The molecular formula is C15H25N5. The monoisotopic (exact) mass is 275 g/mol. The van der Waals surface area contributed by atoms with Crippen LogP contribution in [0.4, 0.5) is 5.82 Å². The van der Waals surface area contributed by atoms with Gasteiger partial charge in [0.15, 0.2) is 0 Å². The Morgan fingerprint density at radius 2 is 2.05 bits per heavy atom. The highest BCUT2D eigenvalue weighted by Crippen LogP contribution is 2.22. The molecule has 5 nitrogen and oxygen atoms in total. The fourth-order valence-electron chi connectivity index (χ4n) is 2.75. The maximum atomic E-state index is 7.77. The molecule has 1 unspecified atom stereocenters. The van der Waals surface area contributed by atoms with Crippen molar-refractivity contribution in [1.29, 1.82) is 5.41 Å². The third-order valence-electron chi connectivity index (χ3n) is 4.24. The van der Waals surface area contributed by atoms with Crippen molar-refractivity contribution in [2.24, 2.45) is 5.73 Å². The van der Waals surface area contributed by atoms with Crippen LogP contribution < -0.4 is 10.6 Å². The highest BCUT2D eigenvalue weighted by Gasteiger charge is 2.23. The number of aromatic nitrogens is 1. The maximum Gasteiger partial charge on any atom is 0.139 e. The van der Waals surface area contributed by atoms with Crippen molar-refractivity contribution in [2.75, 3.05) is 31.1 Å². The second kappa shape index (κ2) is 6.22. The number of nitrogens with zero attached hydrogens (tertiary/aromatic N) is 3. The van der Waals surface area contributed by atoms with Gasteiger partial charge in [0.2, 0.25) is 0 Å². The van der Waals surface area contributed by atoms with Gasteiger partial charge in [0.25, 0.3) is 0 Å². The number of nitrogen functional groups attached to an aromatic ring is 1. The molecule has 1 aromatic rings. The molecule has 1 fully saturated rings. The highest BCUT2D eigenvalue weighted by molar-refractivity contribution is 6.01. The SMILES string of the molecule is CCC(C)N1CCN(c2nccc(C)c2C(=N)N)CC1. The molecule has 1 aliphatic heterocycles. The van der Waals surface area contributed by atoms with Crippen LogP contribution >= 0.6 is 0 Å². The van der Waals surface area contributed by atoms with E-state index >= 15 is 0 Å². The molecular weight excluding hydrogens is 250 g/mol. The van der Waals surface area contributed by atoms with Gasteiger partial charge in [-0.2, -0.15) is 0 Å². The summed E-state index contributed by atoms with van der Waals surface area (Å²) in [5.74, 6) is 0.969. The average molecular weight is 275 g/mol. The predicted octanol–water partition coefficient (Wildman–Crippen LogP) is 1.59. The molecule has 3 N–H and O–H groups in total. The Bertz CT molecular complexity index is 477. The first-order valence-electron chi connectivity index (χ1n) is 7.33. The zero-order valence-electron chi connectivity index (χ0n) is 12.7. The lowest BCUT2D eigenvalue weighted by atomic mass is 10.1. The first-order chi connectivity index (χ1) is 9.54. The first-order valence-corrected chi connectivity index (χ1v) is 7.33. The van der Waals surface area contributed by atoms with E-state index in [2.05, 4.69) is 28.6 Å². The summed E-state index contributed by atoms with van der Waals surface area (Å²) < 4.78 is 0. The van der Waals surface area contributed by atoms with Gasteiger partial charge < -0.3 is 10.6 Å². The van der Waals surface area contributed by atoms with E-state index in [9.17, 15) is 0 Å². The molecule has 0 spiro atoms. The molecule has 1 aromatic heterocycles. The van der Waals surface area contributed by atoms with Crippen molar-refractivity contribution in [2.45, 2.75) is 33.2 Å². The maximum absolute atomic E-state index is 7.77. The third-order valence-corrected chi connectivity index (χ3v) is 4.24. The molecule has 0 aromatic carbocycles. The first kappa shape index (κ1) is 14.8. The van der Waals surface area contributed by atoms with Gasteiger partial charge in [0.05, 0.1) is 5.56 Å². The van der Waals surface area contributed by atoms with Crippen molar-refractivity contribution >= 4 is 11.7 Å². The molecule has 1 saturated heterocycles. The molecule has 1 aliphatic rings. The van der Waals surface area contributed by atoms with Gasteiger partial charge in [-0.15, -0.1) is 0 Å². The molecule has 110 valence electrons. The second-order valence-corrected chi connectivity index (χ2v) is 5.52. The molecule has 2 rings (SSSR count). The van der Waals surface area contributed by atoms with Crippen LogP contribution in [-0.4, -0.2) is 47.9 Å². The van der Waals surface area contributed by atoms with Gasteiger partial charge in [-0.05, 0) is 31.9 Å². The summed E-state index contributed by atoms with van der Waals surface area (Å²) in [6.07, 6.45) is 2.99. The number of nitrogens with two attached hydrogens (primary N) is 1. The fraction of sp³-hybridized carbons (Fsp3) is 0.600. The van der Waals surface area contributed by atoms with Crippen molar-refractivity contribution in [3.8, 4) is 0 Å². The number of nitrogens with one attached hydrogen (secondary N) is 1. The molecule has 0 bridgehead atoms. The number of anilines is 1. The number of piperazine rings is 1. The van der Waals surface area contributed by atoms with Crippen LogP contribution in [0.1, 0.15) is 31.4 Å². The van der Waals surface area contributed by atoms with E-state index in [1.807, 2.05) is 13.0 Å². The van der Waals surface area contributed by atoms with Crippen LogP contribution in [-0.2, 0) is 0 Å². The molecule has 2 heterocycles. The number of rotatable bonds is 4. The number of aryl methyl sites for hydroxylation is 1. The molecule has 1 atom stereocenters. The third kappa shape index (κ3) is 2.93. The number of hydrogen-bond acceptors (Lipinski definition) is 4. The summed E-state index contributed by atoms with van der Waals surface area (Å²) in [7, 11) is 0. The fourth-order valence-corrected chi connectivity index (χ4v) is 2.75. The molecule has 0 radical (unpaired) electrons. The quantitative estimate of drug-likeness (QED) is 0.647. The lowest BCUT2D eigenvalue weighted by molar-refractivity contribution is 0.192. The normalized spacial score (nSPS) is 18.1. The topological polar surface area (TPSA) is 69.2 Å². The Balaban J connectivity index is 2.15. The Kier molecular flexibility index (Phi) is 4.60. The lowest BCUT2D eigenvalue weighted by Gasteiger charge is -2.39. The summed E-state index contributed by atoms with van der Waals surface area (Å²) in [6.45, 7) is 10.5. The lowest BCUT2D eigenvalue weighted by Crippen LogP contribution is -2.50. The summed E-state index contributed by atoms with van der Waals surface area (Å²) in [5.41, 5.74) is 7.53. The van der Waals surface area contributed by atoms with Gasteiger partial charge in [-0.25, -0.2) is 4.98 Å². The van der Waals surface area contributed by atoms with Crippen molar-refractivity contribution in [3.63, 3.8) is 0 Å². The summed E-state index contributed by atoms with van der Waals surface area (Å²) in [6, 6.07) is 2.55. The summed E-state index contributed by atoms with van der Waals surface area (Å²) >= 11 is 0. The van der Waals surface area contributed by atoms with Gasteiger partial charge in [-0.1, -0.05) is 6.92 Å². The van der Waals surface area contributed by atoms with E-state index in [0.29, 0.717) is 6.04 Å². The van der Waals surface area contributed by atoms with E-state index in [-0.39, 0.29) is 5.84 Å². The Morgan fingerprint density at radius 1 is 1.40 bits per heavy atom. The minimum absolute atomic E-state index is 0.106. The molecule has 0 saturated carbocycles. The Hall–Kier alpha value is -1.62. The molecule has 5 heteroatoms. The highest BCUT2D eigenvalue weighted by atomic mass is 15.3. The van der Waals surface area contributed by atoms with Gasteiger partial charge in [-0.3, -0.25) is 10.3 Å². The minimum atomic E-state index is 0.106. The van der Waals surface area contributed by atoms with E-state index in [1.165, 1.54) is 6.42 Å². The van der Waals surface area contributed by atoms with E-state index in [4.69, 9.17) is 11.1 Å². The van der Waals surface area contributed by atoms with Crippen LogP contribution in [0.2, 0.25) is 0 Å². The van der Waals surface area contributed by atoms with Crippen molar-refractivity contribution in [3.05, 3.63) is 23.4 Å². The van der Waals surface area contributed by atoms with E-state index < -0.39 is 0 Å². The zero-order chi connectivity index (χ0) is 14.7. The summed E-state index contributed by atoms with van der Waals surface area (Å²) in [4.78, 5) is 9.23. The van der Waals surface area contributed by atoms with Crippen LogP contribution in [0.3, 0.4) is 0 Å². The summed E-state index contributed by atoms with van der Waals surface area (Å²) in [5, 5.41) is 7.77. The van der Waals surface area contributed by atoms with Crippen molar-refractivity contribution in [1.82, 2.24) is 9.88 Å². The van der Waals surface area contributed by atoms with Gasteiger partial charge in [0, 0.05) is 38.4 Å². The average Bonchev–Trinajstić information content (AvgIpc) is 2.46. The Morgan fingerprint density at radius 3 is 2.60 bits per heavy atom. The minimum Gasteiger partial charge on any atom is -0.384 e. The number of hydrogen-bond donors (Lipinski definition) is 2. The standard InChI is InChI=1S/C15H25N5/c1-4-12(3)19-7-9-20(10-8-19)15-13(14(16)17)11(2)5-6-18-15/h5-6,12H,4,7-10H2,1-3H3,(H3,16,17). The molecule has 0 aliphatic carbocycles. The molecule has 0 amide bonds. The number of pyridine rings is 1. The van der Waals surface area contributed by atoms with Crippen molar-refractivity contribution < 1.29 is 0 Å². The van der Waals surface area contributed by atoms with Crippen LogP contribution in [0.15, 0.2) is 12.3 Å². The number of amidine groups is 1. The zero-order valence-corrected chi connectivity index (χ0v) is 12.7. The Labute approximate surface area is 121 Å². The van der Waals surface area contributed by atoms with E-state index in [0.717, 1.165) is 43.1 Å². The second-order valence-electron chi connectivity index (χ2n) is 5.52. The predicted molar refractivity (Wildman–Crippen MR) is 83.5 cm³/mol. The van der Waals surface area contributed by atoms with Crippen LogP contribution in [0.25, 0.3) is 0 Å². The largest absolute Gasteiger partial charge is 0.384 e. The van der Waals surface area contributed by atoms with Gasteiger partial charge >= 0.3 is 0 Å². The van der Waals surface area contributed by atoms with Crippen LogP contribution in [0, 0.1) is 12.3 Å². The molecule has 20 heavy (non-hydrogen) atoms. The van der Waals surface area contributed by atoms with E-state index in [1.54, 1.807) is 6.20 Å². The smallest absolute Gasteiger partial charge is 0.139 e. The van der Waals surface area contributed by atoms with Gasteiger partial charge in [0.1, 0.15) is 11.7 Å². The van der Waals surface area contributed by atoms with Crippen LogP contribution in [0.5, 0.6) is 0 Å².